The lowest BCUT2D eigenvalue weighted by molar-refractivity contribution is 0.185. The summed E-state index contributed by atoms with van der Waals surface area (Å²) in [5.74, 6) is 0.735. The van der Waals surface area contributed by atoms with Crippen LogP contribution < -0.4 is 11.1 Å². The Morgan fingerprint density at radius 1 is 1.47 bits per heavy atom. The van der Waals surface area contributed by atoms with Crippen LogP contribution in [0.25, 0.3) is 0 Å². The first kappa shape index (κ1) is 10.3. The summed E-state index contributed by atoms with van der Waals surface area (Å²) in [5.41, 5.74) is 7.61. The third-order valence-corrected chi connectivity index (χ3v) is 2.79. The highest BCUT2D eigenvalue weighted by Gasteiger charge is 2.14. The van der Waals surface area contributed by atoms with Gasteiger partial charge in [0.1, 0.15) is 0 Å². The zero-order valence-electron chi connectivity index (χ0n) is 8.91. The summed E-state index contributed by atoms with van der Waals surface area (Å²) in [7, 11) is 0. The van der Waals surface area contributed by atoms with Crippen molar-refractivity contribution in [3.05, 3.63) is 24.3 Å². The van der Waals surface area contributed by atoms with E-state index < -0.39 is 0 Å². The van der Waals surface area contributed by atoms with E-state index in [2.05, 4.69) is 5.32 Å². The molecule has 0 saturated carbocycles. The molecule has 15 heavy (non-hydrogen) atoms. The largest absolute Gasteiger partial charge is 0.399 e. The Hall–Kier alpha value is -1.22. The van der Waals surface area contributed by atoms with Crippen LogP contribution in [0.1, 0.15) is 12.8 Å². The summed E-state index contributed by atoms with van der Waals surface area (Å²) < 4.78 is 5.33. The molecule has 0 radical (unpaired) electrons. The van der Waals surface area contributed by atoms with Gasteiger partial charge in [0.15, 0.2) is 0 Å². The van der Waals surface area contributed by atoms with Crippen molar-refractivity contribution < 1.29 is 4.74 Å². The van der Waals surface area contributed by atoms with E-state index in [9.17, 15) is 0 Å². The lowest BCUT2D eigenvalue weighted by atomic mass is 10.1. The van der Waals surface area contributed by atoms with Gasteiger partial charge < -0.3 is 15.8 Å². The van der Waals surface area contributed by atoms with Crippen molar-refractivity contribution in [3.8, 4) is 0 Å². The minimum absolute atomic E-state index is 0.735. The van der Waals surface area contributed by atoms with Gasteiger partial charge in [-0.1, -0.05) is 6.07 Å². The van der Waals surface area contributed by atoms with Gasteiger partial charge in [-0.25, -0.2) is 0 Å². The van der Waals surface area contributed by atoms with Crippen LogP contribution in [-0.2, 0) is 4.74 Å². The van der Waals surface area contributed by atoms with Gasteiger partial charge in [-0.3, -0.25) is 0 Å². The quantitative estimate of drug-likeness (QED) is 0.742. The van der Waals surface area contributed by atoms with Crippen molar-refractivity contribution in [3.63, 3.8) is 0 Å². The molecule has 0 bridgehead atoms. The Labute approximate surface area is 90.6 Å². The molecule has 1 aliphatic heterocycles. The van der Waals surface area contributed by atoms with Gasteiger partial charge in [0.05, 0.1) is 0 Å². The second kappa shape index (κ2) is 5.03. The number of nitrogens with two attached hydrogens (primary N) is 1. The number of benzene rings is 1. The van der Waals surface area contributed by atoms with E-state index in [1.807, 2.05) is 24.3 Å². The van der Waals surface area contributed by atoms with Crippen molar-refractivity contribution in [2.24, 2.45) is 5.92 Å². The molecule has 1 heterocycles. The Morgan fingerprint density at radius 3 is 3.13 bits per heavy atom. The van der Waals surface area contributed by atoms with Crippen molar-refractivity contribution in [2.45, 2.75) is 12.8 Å². The predicted octanol–water partition coefficient (Wildman–Crippen LogP) is 2.11. The Morgan fingerprint density at radius 2 is 2.40 bits per heavy atom. The summed E-state index contributed by atoms with van der Waals surface area (Å²) in [6, 6.07) is 7.87. The molecule has 0 spiro atoms. The maximum Gasteiger partial charge on any atom is 0.0495 e. The van der Waals surface area contributed by atoms with Gasteiger partial charge in [-0.15, -0.1) is 0 Å². The van der Waals surface area contributed by atoms with Crippen LogP contribution in [0, 0.1) is 5.92 Å². The van der Waals surface area contributed by atoms with Crippen LogP contribution >= 0.6 is 0 Å². The molecular formula is C12H18N2O. The number of nitrogens with one attached hydrogen (secondary N) is 1. The first-order valence-electron chi connectivity index (χ1n) is 5.52. The number of ether oxygens (including phenoxy) is 1. The molecule has 2 rings (SSSR count). The SMILES string of the molecule is Nc1cccc(NCCC2CCOC2)c1. The first-order valence-corrected chi connectivity index (χ1v) is 5.52. The third-order valence-electron chi connectivity index (χ3n) is 2.79. The average Bonchev–Trinajstić information content (AvgIpc) is 2.71. The monoisotopic (exact) mass is 206 g/mol. The van der Waals surface area contributed by atoms with Gasteiger partial charge >= 0.3 is 0 Å². The highest BCUT2D eigenvalue weighted by molar-refractivity contribution is 5.53. The lowest BCUT2D eigenvalue weighted by Crippen LogP contribution is -2.09. The predicted molar refractivity (Wildman–Crippen MR) is 62.9 cm³/mol. The zero-order valence-corrected chi connectivity index (χ0v) is 8.91. The molecule has 3 nitrogen and oxygen atoms in total. The normalized spacial score (nSPS) is 20.4. The van der Waals surface area contributed by atoms with Crippen LogP contribution in [0.3, 0.4) is 0 Å². The molecular weight excluding hydrogens is 188 g/mol. The number of nitrogen functional groups attached to an aromatic ring is 1. The van der Waals surface area contributed by atoms with Crippen molar-refractivity contribution in [2.75, 3.05) is 30.8 Å². The third kappa shape index (κ3) is 3.13. The molecule has 1 atom stereocenters. The Kier molecular flexibility index (Phi) is 3.45. The van der Waals surface area contributed by atoms with E-state index in [1.54, 1.807) is 0 Å². The molecule has 82 valence electrons. The second-order valence-corrected chi connectivity index (χ2v) is 4.07. The van der Waals surface area contributed by atoms with E-state index >= 15 is 0 Å². The van der Waals surface area contributed by atoms with Crippen LogP contribution in [0.15, 0.2) is 24.3 Å². The molecule has 3 N–H and O–H groups in total. The van der Waals surface area contributed by atoms with E-state index in [4.69, 9.17) is 10.5 Å². The summed E-state index contributed by atoms with van der Waals surface area (Å²) in [4.78, 5) is 0. The summed E-state index contributed by atoms with van der Waals surface area (Å²) in [6.07, 6.45) is 2.38. The summed E-state index contributed by atoms with van der Waals surface area (Å²) in [6.45, 7) is 2.86. The second-order valence-electron chi connectivity index (χ2n) is 4.07. The average molecular weight is 206 g/mol. The highest BCUT2D eigenvalue weighted by Crippen LogP contribution is 2.17. The molecule has 1 saturated heterocycles. The lowest BCUT2D eigenvalue weighted by Gasteiger charge is -2.10. The van der Waals surface area contributed by atoms with Gasteiger partial charge in [0.25, 0.3) is 0 Å². The highest BCUT2D eigenvalue weighted by atomic mass is 16.5. The molecule has 0 amide bonds. The fraction of sp³-hybridized carbons (Fsp3) is 0.500. The fourth-order valence-electron chi connectivity index (χ4n) is 1.88. The molecule has 1 aromatic carbocycles. The van der Waals surface area contributed by atoms with Crippen LogP contribution in [0.4, 0.5) is 11.4 Å². The molecule has 1 aromatic rings. The van der Waals surface area contributed by atoms with Crippen molar-refractivity contribution in [1.29, 1.82) is 0 Å². The number of rotatable bonds is 4. The maximum atomic E-state index is 5.69. The van der Waals surface area contributed by atoms with Gasteiger partial charge in [0.2, 0.25) is 0 Å². The number of hydrogen-bond donors (Lipinski definition) is 2. The zero-order chi connectivity index (χ0) is 10.5. The molecule has 1 fully saturated rings. The van der Waals surface area contributed by atoms with Gasteiger partial charge in [-0.2, -0.15) is 0 Å². The molecule has 0 aromatic heterocycles. The summed E-state index contributed by atoms with van der Waals surface area (Å²) >= 11 is 0. The minimum atomic E-state index is 0.735. The molecule has 3 heteroatoms. The Bertz CT molecular complexity index is 308. The van der Waals surface area contributed by atoms with Gasteiger partial charge in [-0.05, 0) is 37.0 Å². The first-order chi connectivity index (χ1) is 7.34. The fourth-order valence-corrected chi connectivity index (χ4v) is 1.88. The smallest absolute Gasteiger partial charge is 0.0495 e. The van der Waals surface area contributed by atoms with E-state index in [-0.39, 0.29) is 0 Å². The van der Waals surface area contributed by atoms with Crippen LogP contribution in [0.5, 0.6) is 0 Å². The number of hydrogen-bond acceptors (Lipinski definition) is 3. The van der Waals surface area contributed by atoms with E-state index in [0.29, 0.717) is 0 Å². The van der Waals surface area contributed by atoms with Crippen LogP contribution in [0.2, 0.25) is 0 Å². The van der Waals surface area contributed by atoms with Crippen LogP contribution in [-0.4, -0.2) is 19.8 Å². The van der Waals surface area contributed by atoms with Gasteiger partial charge in [0, 0.05) is 31.1 Å². The number of anilines is 2. The topological polar surface area (TPSA) is 47.3 Å². The van der Waals surface area contributed by atoms with Crippen molar-refractivity contribution >= 4 is 11.4 Å². The molecule has 1 aliphatic rings. The van der Waals surface area contributed by atoms with Crippen molar-refractivity contribution in [1.82, 2.24) is 0 Å². The standard InChI is InChI=1S/C12H18N2O/c13-11-2-1-3-12(8-11)14-6-4-10-5-7-15-9-10/h1-3,8,10,14H,4-7,9,13H2. The summed E-state index contributed by atoms with van der Waals surface area (Å²) in [5, 5.41) is 3.38. The molecule has 1 unspecified atom stereocenters. The minimum Gasteiger partial charge on any atom is -0.399 e. The Balaban J connectivity index is 1.73. The van der Waals surface area contributed by atoms with E-state index in [1.165, 1.54) is 12.8 Å². The maximum absolute atomic E-state index is 5.69. The van der Waals surface area contributed by atoms with E-state index in [0.717, 1.165) is 37.1 Å². The molecule has 0 aliphatic carbocycles.